The van der Waals surface area contributed by atoms with Crippen LogP contribution >= 0.6 is 23.4 Å². The summed E-state index contributed by atoms with van der Waals surface area (Å²) in [6.45, 7) is 2.29. The Bertz CT molecular complexity index is 1520. The second-order valence-corrected chi connectivity index (χ2v) is 10.3. The number of benzene rings is 3. The molecule has 0 fully saturated rings. The van der Waals surface area contributed by atoms with Gasteiger partial charge in [-0.1, -0.05) is 48.5 Å². The van der Waals surface area contributed by atoms with Gasteiger partial charge >= 0.3 is 0 Å². The van der Waals surface area contributed by atoms with E-state index in [-0.39, 0.29) is 11.5 Å². The number of methoxy groups -OCH3 is 3. The zero-order chi connectivity index (χ0) is 27.9. The molecule has 1 aromatic heterocycles. The molecule has 1 N–H and O–H groups in total. The minimum atomic E-state index is -0.498. The summed E-state index contributed by atoms with van der Waals surface area (Å²) in [7, 11) is 4.63. The van der Waals surface area contributed by atoms with E-state index in [0.29, 0.717) is 63.4 Å². The summed E-state index contributed by atoms with van der Waals surface area (Å²) in [4.78, 5) is 31.9. The third kappa shape index (κ3) is 6.66. The number of aryl methyl sites for hydroxylation is 1. The molecule has 4 aromatic rings. The molecule has 8 nitrogen and oxygen atoms in total. The van der Waals surface area contributed by atoms with Gasteiger partial charge < -0.3 is 19.5 Å². The van der Waals surface area contributed by atoms with Crippen LogP contribution in [0.2, 0.25) is 5.02 Å². The molecule has 1 unspecified atom stereocenters. The number of thioether (sulfide) groups is 1. The van der Waals surface area contributed by atoms with E-state index >= 15 is 0 Å². The second-order valence-electron chi connectivity index (χ2n) is 8.69. The summed E-state index contributed by atoms with van der Waals surface area (Å²) >= 11 is 7.30. The first-order valence-corrected chi connectivity index (χ1v) is 13.6. The quantitative estimate of drug-likeness (QED) is 0.180. The van der Waals surface area contributed by atoms with E-state index in [1.807, 2.05) is 43.3 Å². The first kappa shape index (κ1) is 28.3. The highest BCUT2D eigenvalue weighted by Crippen LogP contribution is 2.32. The lowest BCUT2D eigenvalue weighted by molar-refractivity contribution is -0.115. The Balaban J connectivity index is 1.71. The van der Waals surface area contributed by atoms with Crippen LogP contribution < -0.4 is 25.1 Å². The molecular formula is C29H30ClN3O5S. The zero-order valence-electron chi connectivity index (χ0n) is 22.2. The molecule has 0 saturated heterocycles. The van der Waals surface area contributed by atoms with Gasteiger partial charge in [0.15, 0.2) is 16.7 Å². The van der Waals surface area contributed by atoms with E-state index in [4.69, 9.17) is 30.8 Å². The van der Waals surface area contributed by atoms with Crippen molar-refractivity contribution in [2.24, 2.45) is 0 Å². The van der Waals surface area contributed by atoms with E-state index in [1.54, 1.807) is 35.9 Å². The minimum absolute atomic E-state index is 0.193. The Morgan fingerprint density at radius 3 is 2.41 bits per heavy atom. The summed E-state index contributed by atoms with van der Waals surface area (Å²) < 4.78 is 17.7. The topological polar surface area (TPSA) is 91.7 Å². The number of carbonyl (C=O) groups is 1. The number of aromatic nitrogens is 2. The Morgan fingerprint density at radius 1 is 1.03 bits per heavy atom. The van der Waals surface area contributed by atoms with Crippen molar-refractivity contribution in [1.29, 1.82) is 0 Å². The third-order valence-electron chi connectivity index (χ3n) is 6.21. The van der Waals surface area contributed by atoms with Gasteiger partial charge in [0, 0.05) is 29.4 Å². The maximum atomic E-state index is 13.8. The number of ether oxygens (including phenoxy) is 3. The lowest BCUT2D eigenvalue weighted by Crippen LogP contribution is -2.28. The number of nitrogens with zero attached hydrogens (tertiary/aromatic N) is 2. The number of hydrogen-bond acceptors (Lipinski definition) is 7. The van der Waals surface area contributed by atoms with Crippen LogP contribution in [0.1, 0.15) is 18.9 Å². The van der Waals surface area contributed by atoms with Gasteiger partial charge in [0.25, 0.3) is 5.56 Å². The van der Waals surface area contributed by atoms with Crippen molar-refractivity contribution in [2.75, 3.05) is 26.6 Å². The van der Waals surface area contributed by atoms with E-state index in [1.165, 1.54) is 26.0 Å². The Kier molecular flexibility index (Phi) is 9.37. The SMILES string of the molecule is CCC(Sc1nc2cc(OC)c(OC)cc2c(=O)n1CCc1ccc(Cl)cc1)C(=O)Nc1cccc(OC)c1. The molecule has 0 spiro atoms. The first-order valence-electron chi connectivity index (χ1n) is 12.4. The number of carbonyl (C=O) groups excluding carboxylic acids is 1. The number of hydrogen-bond donors (Lipinski definition) is 1. The number of amides is 1. The summed E-state index contributed by atoms with van der Waals surface area (Å²) in [5.41, 5.74) is 1.89. The van der Waals surface area contributed by atoms with Crippen LogP contribution in [-0.2, 0) is 17.8 Å². The molecule has 4 rings (SSSR count). The van der Waals surface area contributed by atoms with Crippen LogP contribution in [-0.4, -0.2) is 42.0 Å². The molecule has 0 aliphatic heterocycles. The lowest BCUT2D eigenvalue weighted by atomic mass is 10.1. The Hall–Kier alpha value is -3.69. The van der Waals surface area contributed by atoms with E-state index in [9.17, 15) is 9.59 Å². The van der Waals surface area contributed by atoms with Crippen LogP contribution in [0.4, 0.5) is 5.69 Å². The maximum Gasteiger partial charge on any atom is 0.262 e. The van der Waals surface area contributed by atoms with Gasteiger partial charge in [-0.3, -0.25) is 14.2 Å². The van der Waals surface area contributed by atoms with Crippen LogP contribution in [0.25, 0.3) is 10.9 Å². The van der Waals surface area contributed by atoms with Crippen molar-refractivity contribution < 1.29 is 19.0 Å². The summed E-state index contributed by atoms with van der Waals surface area (Å²) in [5, 5.41) is 3.95. The van der Waals surface area contributed by atoms with Crippen LogP contribution in [0, 0.1) is 0 Å². The molecule has 204 valence electrons. The van der Waals surface area contributed by atoms with Crippen molar-refractivity contribution in [3.05, 3.63) is 81.6 Å². The van der Waals surface area contributed by atoms with Gasteiger partial charge in [-0.05, 0) is 48.7 Å². The van der Waals surface area contributed by atoms with Gasteiger partial charge in [-0.15, -0.1) is 0 Å². The van der Waals surface area contributed by atoms with E-state index in [2.05, 4.69) is 5.32 Å². The standard InChI is InChI=1S/C29H30ClN3O5S/c1-5-26(27(34)31-20-7-6-8-21(15-20)36-2)39-29-32-23-17-25(38-4)24(37-3)16-22(23)28(35)33(29)14-13-18-9-11-19(30)12-10-18/h6-12,15-17,26H,5,13-14H2,1-4H3,(H,31,34). The fourth-order valence-electron chi connectivity index (χ4n) is 4.08. The normalized spacial score (nSPS) is 11.7. The molecule has 0 radical (unpaired) electrons. The van der Waals surface area contributed by atoms with Crippen LogP contribution in [0.3, 0.4) is 0 Å². The van der Waals surface area contributed by atoms with Crippen molar-refractivity contribution >= 4 is 45.9 Å². The highest BCUT2D eigenvalue weighted by atomic mass is 35.5. The largest absolute Gasteiger partial charge is 0.497 e. The fraction of sp³-hybridized carbons (Fsp3) is 0.276. The van der Waals surface area contributed by atoms with Crippen molar-refractivity contribution in [2.45, 2.75) is 36.7 Å². The number of rotatable bonds is 11. The molecule has 0 bridgehead atoms. The smallest absolute Gasteiger partial charge is 0.262 e. The van der Waals surface area contributed by atoms with Crippen molar-refractivity contribution in [3.63, 3.8) is 0 Å². The van der Waals surface area contributed by atoms with Gasteiger partial charge in [0.2, 0.25) is 5.91 Å². The van der Waals surface area contributed by atoms with Gasteiger partial charge in [0.1, 0.15) is 5.75 Å². The van der Waals surface area contributed by atoms with Crippen molar-refractivity contribution in [1.82, 2.24) is 9.55 Å². The monoisotopic (exact) mass is 567 g/mol. The molecule has 0 aliphatic rings. The average Bonchev–Trinajstić information content (AvgIpc) is 2.95. The molecule has 10 heteroatoms. The fourth-order valence-corrected chi connectivity index (χ4v) is 5.25. The average molecular weight is 568 g/mol. The minimum Gasteiger partial charge on any atom is -0.497 e. The van der Waals surface area contributed by atoms with Crippen molar-refractivity contribution in [3.8, 4) is 17.2 Å². The number of fused-ring (bicyclic) bond motifs is 1. The molecule has 3 aromatic carbocycles. The molecule has 0 saturated carbocycles. The molecule has 1 heterocycles. The molecule has 1 amide bonds. The van der Waals surface area contributed by atoms with E-state index in [0.717, 1.165) is 5.56 Å². The zero-order valence-corrected chi connectivity index (χ0v) is 23.8. The summed E-state index contributed by atoms with van der Waals surface area (Å²) in [5.74, 6) is 1.36. The number of anilines is 1. The molecule has 1 atom stereocenters. The first-order chi connectivity index (χ1) is 18.9. The number of nitrogens with one attached hydrogen (secondary N) is 1. The summed E-state index contributed by atoms with van der Waals surface area (Å²) in [6.07, 6.45) is 1.11. The van der Waals surface area contributed by atoms with Gasteiger partial charge in [0.05, 0.1) is 37.5 Å². The predicted molar refractivity (Wildman–Crippen MR) is 156 cm³/mol. The van der Waals surface area contributed by atoms with E-state index < -0.39 is 5.25 Å². The second kappa shape index (κ2) is 12.9. The van der Waals surface area contributed by atoms with Gasteiger partial charge in [-0.25, -0.2) is 4.98 Å². The Labute approximate surface area is 236 Å². The van der Waals surface area contributed by atoms with Crippen LogP contribution in [0.15, 0.2) is 70.6 Å². The maximum absolute atomic E-state index is 13.8. The van der Waals surface area contributed by atoms with Crippen LogP contribution in [0.5, 0.6) is 17.2 Å². The van der Waals surface area contributed by atoms with Gasteiger partial charge in [-0.2, -0.15) is 0 Å². The predicted octanol–water partition coefficient (Wildman–Crippen LogP) is 5.83. The molecule has 0 aliphatic carbocycles. The highest BCUT2D eigenvalue weighted by molar-refractivity contribution is 8.00. The lowest BCUT2D eigenvalue weighted by Gasteiger charge is -2.19. The Morgan fingerprint density at radius 2 is 1.74 bits per heavy atom. The summed E-state index contributed by atoms with van der Waals surface area (Å²) in [6, 6.07) is 18.0. The molecular weight excluding hydrogens is 538 g/mol. The highest BCUT2D eigenvalue weighted by Gasteiger charge is 2.23. The molecule has 39 heavy (non-hydrogen) atoms. The third-order valence-corrected chi connectivity index (χ3v) is 7.82. The number of halogens is 1.